The van der Waals surface area contributed by atoms with Crippen LogP contribution < -0.4 is 5.56 Å². The number of hydrogen-bond acceptors (Lipinski definition) is 1. The van der Waals surface area contributed by atoms with Crippen LogP contribution in [-0.4, -0.2) is 4.57 Å². The van der Waals surface area contributed by atoms with Crippen LogP contribution in [0.25, 0.3) is 11.1 Å². The fourth-order valence-electron chi connectivity index (χ4n) is 2.45. The van der Waals surface area contributed by atoms with Crippen LogP contribution in [0.1, 0.15) is 11.1 Å². The van der Waals surface area contributed by atoms with Gasteiger partial charge in [0.25, 0.3) is 5.56 Å². The van der Waals surface area contributed by atoms with Gasteiger partial charge in [-0.2, -0.15) is 13.2 Å². The van der Waals surface area contributed by atoms with E-state index in [1.165, 1.54) is 0 Å². The van der Waals surface area contributed by atoms with Gasteiger partial charge in [0.05, 0.1) is 12.1 Å². The number of halogens is 3. The minimum atomic E-state index is -4.47. The molecule has 3 aromatic rings. The maximum atomic E-state index is 12.8. The predicted octanol–water partition coefficient (Wildman–Crippen LogP) is 4.58. The van der Waals surface area contributed by atoms with Crippen LogP contribution in [-0.2, 0) is 12.7 Å². The Hall–Kier alpha value is -2.82. The van der Waals surface area contributed by atoms with Crippen LogP contribution in [0.15, 0.2) is 77.7 Å². The van der Waals surface area contributed by atoms with Crippen LogP contribution in [0.3, 0.4) is 0 Å². The minimum Gasteiger partial charge on any atom is -0.311 e. The highest BCUT2D eigenvalue weighted by molar-refractivity contribution is 5.63. The molecule has 0 bridgehead atoms. The maximum absolute atomic E-state index is 12.8. The zero-order chi connectivity index (χ0) is 17.2. The lowest BCUT2D eigenvalue weighted by atomic mass is 10.0. The van der Waals surface area contributed by atoms with Crippen LogP contribution >= 0.6 is 0 Å². The van der Waals surface area contributed by atoms with E-state index in [0.717, 1.165) is 39.6 Å². The maximum Gasteiger partial charge on any atom is 0.417 e. The first-order valence-electron chi connectivity index (χ1n) is 7.35. The van der Waals surface area contributed by atoms with Gasteiger partial charge in [-0.05, 0) is 22.8 Å². The van der Waals surface area contributed by atoms with E-state index in [1.54, 1.807) is 0 Å². The summed E-state index contributed by atoms with van der Waals surface area (Å²) in [4.78, 5) is 11.8. The number of rotatable bonds is 3. The lowest BCUT2D eigenvalue weighted by molar-refractivity contribution is -0.138. The number of alkyl halides is 3. The number of pyridine rings is 1. The van der Waals surface area contributed by atoms with E-state index in [0.29, 0.717) is 0 Å². The zero-order valence-electron chi connectivity index (χ0n) is 12.6. The highest BCUT2D eigenvalue weighted by Gasteiger charge is 2.31. The molecule has 5 heteroatoms. The fourth-order valence-corrected chi connectivity index (χ4v) is 2.45. The summed E-state index contributed by atoms with van der Waals surface area (Å²) in [5, 5.41) is 0. The third-order valence-electron chi connectivity index (χ3n) is 3.72. The molecule has 1 aromatic heterocycles. The highest BCUT2D eigenvalue weighted by Crippen LogP contribution is 2.28. The van der Waals surface area contributed by atoms with Gasteiger partial charge in [-0.15, -0.1) is 0 Å². The third-order valence-corrected chi connectivity index (χ3v) is 3.72. The molecule has 0 aliphatic carbocycles. The molecular formula is C19H14F3NO. The zero-order valence-corrected chi connectivity index (χ0v) is 12.6. The second-order valence-electron chi connectivity index (χ2n) is 5.44. The lowest BCUT2D eigenvalue weighted by Gasteiger charge is -2.11. The Labute approximate surface area is 136 Å². The molecule has 0 amide bonds. The summed E-state index contributed by atoms with van der Waals surface area (Å²) in [5.74, 6) is 0. The average molecular weight is 329 g/mol. The van der Waals surface area contributed by atoms with Crippen molar-refractivity contribution in [2.24, 2.45) is 0 Å². The van der Waals surface area contributed by atoms with Crippen molar-refractivity contribution in [3.05, 3.63) is 94.4 Å². The summed E-state index contributed by atoms with van der Waals surface area (Å²) >= 11 is 0. The second-order valence-corrected chi connectivity index (χ2v) is 5.44. The Balaban J connectivity index is 1.86. The number of nitrogens with zero attached hydrogens (tertiary/aromatic N) is 1. The Morgan fingerprint density at radius 3 is 2.04 bits per heavy atom. The van der Waals surface area contributed by atoms with Gasteiger partial charge < -0.3 is 4.57 Å². The van der Waals surface area contributed by atoms with Crippen molar-refractivity contribution in [1.29, 1.82) is 0 Å². The monoisotopic (exact) mass is 329 g/mol. The quantitative estimate of drug-likeness (QED) is 0.689. The van der Waals surface area contributed by atoms with Gasteiger partial charge >= 0.3 is 6.18 Å². The van der Waals surface area contributed by atoms with E-state index in [1.807, 2.05) is 54.6 Å². The van der Waals surface area contributed by atoms with Crippen molar-refractivity contribution in [1.82, 2.24) is 4.57 Å². The van der Waals surface area contributed by atoms with Crippen molar-refractivity contribution in [2.75, 3.05) is 0 Å². The summed E-state index contributed by atoms with van der Waals surface area (Å²) in [6.07, 6.45) is -3.61. The Morgan fingerprint density at radius 2 is 1.42 bits per heavy atom. The largest absolute Gasteiger partial charge is 0.417 e. The summed E-state index contributed by atoms with van der Waals surface area (Å²) in [5.41, 5.74) is 1.53. The van der Waals surface area contributed by atoms with Crippen LogP contribution in [0.5, 0.6) is 0 Å². The van der Waals surface area contributed by atoms with Crippen molar-refractivity contribution in [2.45, 2.75) is 12.7 Å². The molecule has 0 fully saturated rings. The molecule has 0 N–H and O–H groups in total. The second kappa shape index (κ2) is 6.35. The van der Waals surface area contributed by atoms with Gasteiger partial charge in [0, 0.05) is 12.3 Å². The first kappa shape index (κ1) is 16.1. The van der Waals surface area contributed by atoms with Gasteiger partial charge in [0.2, 0.25) is 0 Å². The lowest BCUT2D eigenvalue weighted by Crippen LogP contribution is -2.21. The molecule has 122 valence electrons. The van der Waals surface area contributed by atoms with Crippen LogP contribution in [0.4, 0.5) is 13.2 Å². The molecule has 2 aromatic carbocycles. The molecule has 0 aliphatic heterocycles. The summed E-state index contributed by atoms with van der Waals surface area (Å²) in [7, 11) is 0. The topological polar surface area (TPSA) is 22.0 Å². The minimum absolute atomic E-state index is 0.0951. The summed E-state index contributed by atoms with van der Waals surface area (Å²) < 4.78 is 39.4. The first-order valence-corrected chi connectivity index (χ1v) is 7.35. The molecule has 0 unspecified atom stereocenters. The van der Waals surface area contributed by atoms with E-state index < -0.39 is 17.3 Å². The third kappa shape index (κ3) is 3.56. The summed E-state index contributed by atoms with van der Waals surface area (Å²) in [6.45, 7) is 0.0951. The van der Waals surface area contributed by atoms with E-state index in [-0.39, 0.29) is 6.54 Å². The Morgan fingerprint density at radius 1 is 0.792 bits per heavy atom. The standard InChI is InChI=1S/C19H14F3NO/c20-19(21,22)17-10-11-18(24)23(13-17)12-14-6-8-16(9-7-14)15-4-2-1-3-5-15/h1-11,13H,12H2. The van der Waals surface area contributed by atoms with Crippen LogP contribution in [0.2, 0.25) is 0 Å². The molecule has 3 rings (SSSR count). The van der Waals surface area contributed by atoms with E-state index >= 15 is 0 Å². The molecule has 0 spiro atoms. The van der Waals surface area contributed by atoms with Crippen molar-refractivity contribution in [3.8, 4) is 11.1 Å². The molecular weight excluding hydrogens is 315 g/mol. The molecule has 0 saturated carbocycles. The SMILES string of the molecule is O=c1ccc(C(F)(F)F)cn1Cc1ccc(-c2ccccc2)cc1. The smallest absolute Gasteiger partial charge is 0.311 e. The van der Waals surface area contributed by atoms with E-state index in [9.17, 15) is 18.0 Å². The van der Waals surface area contributed by atoms with E-state index in [2.05, 4.69) is 0 Å². The van der Waals surface area contributed by atoms with Gasteiger partial charge in [-0.3, -0.25) is 4.79 Å². The van der Waals surface area contributed by atoms with Gasteiger partial charge in [-0.1, -0.05) is 54.6 Å². The molecule has 0 aliphatic rings. The molecule has 0 radical (unpaired) electrons. The number of aromatic nitrogens is 1. The fraction of sp³-hybridized carbons (Fsp3) is 0.105. The van der Waals surface area contributed by atoms with Crippen molar-refractivity contribution in [3.63, 3.8) is 0 Å². The molecule has 2 nitrogen and oxygen atoms in total. The van der Waals surface area contributed by atoms with Crippen LogP contribution in [0, 0.1) is 0 Å². The Bertz CT molecular complexity index is 881. The van der Waals surface area contributed by atoms with Crippen molar-refractivity contribution >= 4 is 0 Å². The predicted molar refractivity (Wildman–Crippen MR) is 86.7 cm³/mol. The van der Waals surface area contributed by atoms with Gasteiger partial charge in [-0.25, -0.2) is 0 Å². The molecule has 1 heterocycles. The van der Waals surface area contributed by atoms with Crippen molar-refractivity contribution < 1.29 is 13.2 Å². The normalized spacial score (nSPS) is 11.5. The van der Waals surface area contributed by atoms with Gasteiger partial charge in [0.15, 0.2) is 0 Å². The first-order chi connectivity index (χ1) is 11.4. The molecule has 24 heavy (non-hydrogen) atoms. The number of hydrogen-bond donors (Lipinski definition) is 0. The average Bonchev–Trinajstić information content (AvgIpc) is 2.57. The molecule has 0 atom stereocenters. The van der Waals surface area contributed by atoms with Gasteiger partial charge in [0.1, 0.15) is 0 Å². The van der Waals surface area contributed by atoms with E-state index in [4.69, 9.17) is 0 Å². The summed E-state index contributed by atoms with van der Waals surface area (Å²) in [6, 6.07) is 18.9. The highest BCUT2D eigenvalue weighted by atomic mass is 19.4. The Kier molecular flexibility index (Phi) is 4.25. The molecule has 0 saturated heterocycles. The number of benzene rings is 2.